The average molecular weight is 342 g/mol. The summed E-state index contributed by atoms with van der Waals surface area (Å²) < 4.78 is 21.8. The highest BCUT2D eigenvalue weighted by molar-refractivity contribution is 6.02. The summed E-state index contributed by atoms with van der Waals surface area (Å²) in [6, 6.07) is 10.5. The van der Waals surface area contributed by atoms with E-state index in [-0.39, 0.29) is 29.6 Å². The molecule has 1 unspecified atom stereocenters. The molecule has 6 heteroatoms. The van der Waals surface area contributed by atoms with Crippen molar-refractivity contribution in [3.63, 3.8) is 0 Å². The van der Waals surface area contributed by atoms with Crippen molar-refractivity contribution < 1.29 is 28.8 Å². The molecular weight excluding hydrogens is 324 g/mol. The van der Waals surface area contributed by atoms with Crippen LogP contribution in [0.5, 0.6) is 23.0 Å². The molecule has 0 aromatic heterocycles. The SMILES string of the molecule is COc1cc(O)c2c(c1)O[C@H](c1ccc(OCC3CO3)cc1)CC2=O. The van der Waals surface area contributed by atoms with E-state index in [9.17, 15) is 9.90 Å². The number of epoxide rings is 1. The van der Waals surface area contributed by atoms with Crippen molar-refractivity contribution in [1.29, 1.82) is 0 Å². The van der Waals surface area contributed by atoms with Gasteiger partial charge in [-0.1, -0.05) is 12.1 Å². The Morgan fingerprint density at radius 3 is 2.64 bits per heavy atom. The molecule has 2 aliphatic heterocycles. The predicted molar refractivity (Wildman–Crippen MR) is 88.7 cm³/mol. The molecule has 1 N–H and O–H groups in total. The lowest BCUT2D eigenvalue weighted by atomic mass is 9.95. The molecule has 0 radical (unpaired) electrons. The zero-order valence-electron chi connectivity index (χ0n) is 13.7. The normalized spacial score (nSPS) is 21.2. The van der Waals surface area contributed by atoms with Crippen molar-refractivity contribution in [3.8, 4) is 23.0 Å². The number of carbonyl (C=O) groups excluding carboxylic acids is 1. The number of fused-ring (bicyclic) bond motifs is 1. The van der Waals surface area contributed by atoms with Crippen LogP contribution < -0.4 is 14.2 Å². The van der Waals surface area contributed by atoms with Crippen LogP contribution >= 0.6 is 0 Å². The molecule has 2 aromatic rings. The van der Waals surface area contributed by atoms with Gasteiger partial charge in [0.15, 0.2) is 5.78 Å². The maximum absolute atomic E-state index is 12.4. The van der Waals surface area contributed by atoms with Crippen LogP contribution in [0.1, 0.15) is 28.4 Å². The number of methoxy groups -OCH3 is 1. The van der Waals surface area contributed by atoms with Gasteiger partial charge in [0.1, 0.15) is 47.4 Å². The lowest BCUT2D eigenvalue weighted by Gasteiger charge is -2.26. The lowest BCUT2D eigenvalue weighted by Crippen LogP contribution is -2.20. The monoisotopic (exact) mass is 342 g/mol. The first kappa shape index (κ1) is 15.8. The second kappa shape index (κ2) is 6.29. The summed E-state index contributed by atoms with van der Waals surface area (Å²) in [4.78, 5) is 12.4. The van der Waals surface area contributed by atoms with Gasteiger partial charge in [-0.05, 0) is 17.7 Å². The molecule has 0 amide bonds. The Kier molecular flexibility index (Phi) is 3.97. The third-order valence-corrected chi connectivity index (χ3v) is 4.30. The van der Waals surface area contributed by atoms with Crippen molar-refractivity contribution in [2.75, 3.05) is 20.3 Å². The van der Waals surface area contributed by atoms with Gasteiger partial charge in [0.25, 0.3) is 0 Å². The highest BCUT2D eigenvalue weighted by atomic mass is 16.6. The van der Waals surface area contributed by atoms with Gasteiger partial charge < -0.3 is 24.1 Å². The van der Waals surface area contributed by atoms with Gasteiger partial charge in [0, 0.05) is 12.1 Å². The molecule has 1 fully saturated rings. The van der Waals surface area contributed by atoms with Crippen LogP contribution in [-0.2, 0) is 4.74 Å². The molecule has 1 saturated heterocycles. The van der Waals surface area contributed by atoms with E-state index in [4.69, 9.17) is 18.9 Å². The summed E-state index contributed by atoms with van der Waals surface area (Å²) >= 11 is 0. The van der Waals surface area contributed by atoms with Crippen LogP contribution in [0.3, 0.4) is 0 Å². The molecule has 0 saturated carbocycles. The van der Waals surface area contributed by atoms with Crippen molar-refractivity contribution in [3.05, 3.63) is 47.5 Å². The Morgan fingerprint density at radius 1 is 1.20 bits per heavy atom. The van der Waals surface area contributed by atoms with E-state index in [1.807, 2.05) is 24.3 Å². The van der Waals surface area contributed by atoms with E-state index >= 15 is 0 Å². The lowest BCUT2D eigenvalue weighted by molar-refractivity contribution is 0.0844. The molecule has 2 aliphatic rings. The largest absolute Gasteiger partial charge is 0.507 e. The Hall–Kier alpha value is -2.73. The Morgan fingerprint density at radius 2 is 1.96 bits per heavy atom. The van der Waals surface area contributed by atoms with E-state index in [2.05, 4.69) is 0 Å². The van der Waals surface area contributed by atoms with Gasteiger partial charge in [-0.25, -0.2) is 0 Å². The Labute approximate surface area is 144 Å². The smallest absolute Gasteiger partial charge is 0.174 e. The maximum Gasteiger partial charge on any atom is 0.174 e. The fourth-order valence-corrected chi connectivity index (χ4v) is 2.85. The molecule has 2 heterocycles. The van der Waals surface area contributed by atoms with E-state index < -0.39 is 6.10 Å². The molecule has 130 valence electrons. The Balaban J connectivity index is 1.53. The van der Waals surface area contributed by atoms with Crippen molar-refractivity contribution in [2.24, 2.45) is 0 Å². The van der Waals surface area contributed by atoms with Gasteiger partial charge in [0.05, 0.1) is 20.1 Å². The summed E-state index contributed by atoms with van der Waals surface area (Å²) in [5.41, 5.74) is 1.08. The summed E-state index contributed by atoms with van der Waals surface area (Å²) in [6.45, 7) is 1.30. The molecule has 2 atom stereocenters. The first-order chi connectivity index (χ1) is 12.1. The number of aromatic hydroxyl groups is 1. The Bertz CT molecular complexity index is 794. The van der Waals surface area contributed by atoms with Gasteiger partial charge in [-0.3, -0.25) is 4.79 Å². The standard InChI is InChI=1S/C19H18O6/c1-22-13-6-15(20)19-16(21)8-17(25-18(19)7-13)11-2-4-12(5-3-11)23-9-14-10-24-14/h2-7,14,17,20H,8-10H2,1H3/t14?,17-/m0/s1. The van der Waals surface area contributed by atoms with Crippen LogP contribution in [0.25, 0.3) is 0 Å². The first-order valence-corrected chi connectivity index (χ1v) is 8.09. The van der Waals surface area contributed by atoms with Crippen LogP contribution in [0.4, 0.5) is 0 Å². The van der Waals surface area contributed by atoms with E-state index in [0.29, 0.717) is 18.1 Å². The van der Waals surface area contributed by atoms with Gasteiger partial charge in [0.2, 0.25) is 0 Å². The molecule has 2 aromatic carbocycles. The summed E-state index contributed by atoms with van der Waals surface area (Å²) in [6.07, 6.45) is -0.0336. The number of ketones is 1. The topological polar surface area (TPSA) is 77.5 Å². The van der Waals surface area contributed by atoms with E-state index in [0.717, 1.165) is 17.9 Å². The number of hydrogen-bond acceptors (Lipinski definition) is 6. The second-order valence-electron chi connectivity index (χ2n) is 6.09. The third kappa shape index (κ3) is 3.25. The molecular formula is C19H18O6. The highest BCUT2D eigenvalue weighted by Gasteiger charge is 2.31. The maximum atomic E-state index is 12.4. The quantitative estimate of drug-likeness (QED) is 0.842. The van der Waals surface area contributed by atoms with Gasteiger partial charge >= 0.3 is 0 Å². The minimum absolute atomic E-state index is 0.121. The molecule has 0 bridgehead atoms. The number of benzene rings is 2. The fraction of sp³-hybridized carbons (Fsp3) is 0.316. The summed E-state index contributed by atoms with van der Waals surface area (Å²) in [7, 11) is 1.49. The number of rotatable bonds is 5. The van der Waals surface area contributed by atoms with Gasteiger partial charge in [-0.2, -0.15) is 0 Å². The highest BCUT2D eigenvalue weighted by Crippen LogP contribution is 2.41. The zero-order chi connectivity index (χ0) is 17.4. The minimum Gasteiger partial charge on any atom is -0.507 e. The van der Waals surface area contributed by atoms with Crippen molar-refractivity contribution >= 4 is 5.78 Å². The van der Waals surface area contributed by atoms with E-state index in [1.165, 1.54) is 13.2 Å². The second-order valence-corrected chi connectivity index (χ2v) is 6.09. The summed E-state index contributed by atoms with van der Waals surface area (Å²) in [5.74, 6) is 1.25. The predicted octanol–water partition coefficient (Wildman–Crippen LogP) is 2.88. The number of ether oxygens (including phenoxy) is 4. The van der Waals surface area contributed by atoms with Crippen molar-refractivity contribution in [1.82, 2.24) is 0 Å². The number of phenols is 1. The minimum atomic E-state index is -0.410. The molecule has 0 spiro atoms. The zero-order valence-corrected chi connectivity index (χ0v) is 13.7. The number of phenolic OH excluding ortho intramolecular Hbond substituents is 1. The number of carbonyl (C=O) groups is 1. The van der Waals surface area contributed by atoms with Crippen LogP contribution in [0.2, 0.25) is 0 Å². The van der Waals surface area contributed by atoms with Crippen LogP contribution in [0, 0.1) is 0 Å². The first-order valence-electron chi connectivity index (χ1n) is 8.09. The molecule has 6 nitrogen and oxygen atoms in total. The van der Waals surface area contributed by atoms with Crippen LogP contribution in [0.15, 0.2) is 36.4 Å². The van der Waals surface area contributed by atoms with Crippen molar-refractivity contribution in [2.45, 2.75) is 18.6 Å². The van der Waals surface area contributed by atoms with Gasteiger partial charge in [-0.15, -0.1) is 0 Å². The molecule has 4 rings (SSSR count). The fourth-order valence-electron chi connectivity index (χ4n) is 2.85. The summed E-state index contributed by atoms with van der Waals surface area (Å²) in [5, 5.41) is 10.0. The van der Waals surface area contributed by atoms with E-state index in [1.54, 1.807) is 6.07 Å². The molecule has 0 aliphatic carbocycles. The average Bonchev–Trinajstić information content (AvgIpc) is 3.44. The number of hydrogen-bond donors (Lipinski definition) is 1. The number of Topliss-reactive ketones (excluding diaryl/α,β-unsaturated/α-hetero) is 1. The van der Waals surface area contributed by atoms with Crippen LogP contribution in [-0.4, -0.2) is 37.3 Å². The third-order valence-electron chi connectivity index (χ3n) is 4.30. The molecule has 25 heavy (non-hydrogen) atoms.